The minimum absolute atomic E-state index is 0.0406. The minimum Gasteiger partial charge on any atom is -0.491 e. The Morgan fingerprint density at radius 2 is 1.46 bits per heavy atom. The van der Waals surface area contributed by atoms with Crippen molar-refractivity contribution in [2.24, 2.45) is 0 Å². The average molecular weight is 390 g/mol. The molecule has 7 heteroatoms. The third-order valence-electron chi connectivity index (χ3n) is 3.90. The number of rotatable bonds is 13. The molecule has 0 unspecified atom stereocenters. The highest BCUT2D eigenvalue weighted by atomic mass is 16.5. The molecule has 0 heterocycles. The molecule has 0 atom stereocenters. The third kappa shape index (κ3) is 6.61. The predicted octanol–water partition coefficient (Wildman–Crippen LogP) is 1.21. The van der Waals surface area contributed by atoms with E-state index in [4.69, 9.17) is 24.4 Å². The van der Waals surface area contributed by atoms with Gasteiger partial charge < -0.3 is 29.5 Å². The zero-order valence-electron chi connectivity index (χ0n) is 15.7. The molecule has 2 aromatic rings. The summed E-state index contributed by atoms with van der Waals surface area (Å²) in [4.78, 5) is 12.7. The summed E-state index contributed by atoms with van der Waals surface area (Å²) in [6.45, 7) is 0.920. The molecule has 0 aromatic heterocycles. The molecule has 0 saturated heterocycles. The summed E-state index contributed by atoms with van der Waals surface area (Å²) in [6, 6.07) is 11.8. The van der Waals surface area contributed by atoms with Crippen LogP contribution in [0.3, 0.4) is 0 Å². The predicted molar refractivity (Wildman–Crippen MR) is 103 cm³/mol. The first kappa shape index (κ1) is 21.8. The zero-order valence-corrected chi connectivity index (χ0v) is 15.7. The SMILES string of the molecule is O=C(c1ccc(OCCO)cc1)c1ccc(OCCOCCO)c(CCO)c1. The lowest BCUT2D eigenvalue weighted by Gasteiger charge is -2.13. The van der Waals surface area contributed by atoms with Gasteiger partial charge in [-0.25, -0.2) is 0 Å². The Morgan fingerprint density at radius 3 is 2.14 bits per heavy atom. The Kier molecular flexibility index (Phi) is 9.44. The molecule has 2 aromatic carbocycles. The van der Waals surface area contributed by atoms with Crippen LogP contribution < -0.4 is 9.47 Å². The van der Waals surface area contributed by atoms with Gasteiger partial charge in [-0.1, -0.05) is 0 Å². The molecular formula is C21H26O7. The second kappa shape index (κ2) is 12.1. The van der Waals surface area contributed by atoms with Crippen molar-refractivity contribution in [3.63, 3.8) is 0 Å². The maximum Gasteiger partial charge on any atom is 0.193 e. The lowest BCUT2D eigenvalue weighted by molar-refractivity contribution is 0.0702. The van der Waals surface area contributed by atoms with E-state index < -0.39 is 0 Å². The molecule has 3 N–H and O–H groups in total. The van der Waals surface area contributed by atoms with Crippen LogP contribution in [0.25, 0.3) is 0 Å². The van der Waals surface area contributed by atoms with Gasteiger partial charge in [-0.05, 0) is 54.4 Å². The van der Waals surface area contributed by atoms with Crippen LogP contribution in [0.4, 0.5) is 0 Å². The Bertz CT molecular complexity index is 728. The van der Waals surface area contributed by atoms with E-state index in [0.717, 1.165) is 5.56 Å². The lowest BCUT2D eigenvalue weighted by atomic mass is 9.99. The summed E-state index contributed by atoms with van der Waals surface area (Å²) < 4.78 is 16.1. The van der Waals surface area contributed by atoms with Gasteiger partial charge in [0, 0.05) is 17.7 Å². The van der Waals surface area contributed by atoms with E-state index >= 15 is 0 Å². The van der Waals surface area contributed by atoms with Gasteiger partial charge in [-0.15, -0.1) is 0 Å². The Labute approximate surface area is 164 Å². The topological polar surface area (TPSA) is 105 Å². The van der Waals surface area contributed by atoms with Crippen molar-refractivity contribution in [2.45, 2.75) is 6.42 Å². The number of ether oxygens (including phenoxy) is 3. The van der Waals surface area contributed by atoms with Crippen LogP contribution in [0.2, 0.25) is 0 Å². The highest BCUT2D eigenvalue weighted by Crippen LogP contribution is 2.23. The highest BCUT2D eigenvalue weighted by molar-refractivity contribution is 6.09. The molecule has 0 aliphatic heterocycles. The molecule has 2 rings (SSSR count). The van der Waals surface area contributed by atoms with E-state index in [1.165, 1.54) is 0 Å². The molecule has 152 valence electrons. The van der Waals surface area contributed by atoms with Gasteiger partial charge >= 0.3 is 0 Å². The van der Waals surface area contributed by atoms with E-state index in [0.29, 0.717) is 42.3 Å². The molecule has 0 aliphatic carbocycles. The summed E-state index contributed by atoms with van der Waals surface area (Å²) in [5, 5.41) is 26.8. The average Bonchev–Trinajstić information content (AvgIpc) is 2.73. The lowest BCUT2D eigenvalue weighted by Crippen LogP contribution is -2.11. The summed E-state index contributed by atoms with van der Waals surface area (Å²) in [7, 11) is 0. The fourth-order valence-electron chi connectivity index (χ4n) is 2.59. The van der Waals surface area contributed by atoms with E-state index in [2.05, 4.69) is 0 Å². The van der Waals surface area contributed by atoms with Crippen LogP contribution in [0.1, 0.15) is 21.5 Å². The summed E-state index contributed by atoms with van der Waals surface area (Å²) in [5.74, 6) is 1.02. The van der Waals surface area contributed by atoms with Crippen LogP contribution in [0, 0.1) is 0 Å². The van der Waals surface area contributed by atoms with E-state index in [1.807, 2.05) is 0 Å². The largest absolute Gasteiger partial charge is 0.491 e. The maximum atomic E-state index is 12.7. The number of hydrogen-bond acceptors (Lipinski definition) is 7. The van der Waals surface area contributed by atoms with E-state index in [9.17, 15) is 9.90 Å². The van der Waals surface area contributed by atoms with Gasteiger partial charge in [0.05, 0.1) is 26.4 Å². The third-order valence-corrected chi connectivity index (χ3v) is 3.90. The quantitative estimate of drug-likeness (QED) is 0.349. The van der Waals surface area contributed by atoms with Crippen molar-refractivity contribution in [1.82, 2.24) is 0 Å². The van der Waals surface area contributed by atoms with Gasteiger partial charge in [0.25, 0.3) is 0 Å². The smallest absolute Gasteiger partial charge is 0.193 e. The Morgan fingerprint density at radius 1 is 0.750 bits per heavy atom. The van der Waals surface area contributed by atoms with Crippen molar-refractivity contribution in [2.75, 3.05) is 46.2 Å². The standard InChI is InChI=1S/C21H26O7/c22-8-7-17-15-18(3-6-20(17)28-14-13-26-11-9-23)21(25)16-1-4-19(5-2-16)27-12-10-24/h1-6,15,22-24H,7-14H2. The number of aliphatic hydroxyl groups is 3. The maximum absolute atomic E-state index is 12.7. The molecule has 28 heavy (non-hydrogen) atoms. The van der Waals surface area contributed by atoms with Crippen molar-refractivity contribution >= 4 is 5.78 Å². The number of ketones is 1. The van der Waals surface area contributed by atoms with Gasteiger partial charge in [-0.3, -0.25) is 4.79 Å². The summed E-state index contributed by atoms with van der Waals surface area (Å²) >= 11 is 0. The molecule has 0 fully saturated rings. The second-order valence-corrected chi connectivity index (χ2v) is 5.91. The van der Waals surface area contributed by atoms with Gasteiger partial charge in [0.2, 0.25) is 0 Å². The molecular weight excluding hydrogens is 364 g/mol. The summed E-state index contributed by atoms with van der Waals surface area (Å²) in [5.41, 5.74) is 1.74. The number of benzene rings is 2. The first-order chi connectivity index (χ1) is 13.7. The second-order valence-electron chi connectivity index (χ2n) is 5.91. The van der Waals surface area contributed by atoms with Crippen molar-refractivity contribution in [3.05, 3.63) is 59.2 Å². The van der Waals surface area contributed by atoms with Gasteiger partial charge in [0.15, 0.2) is 5.78 Å². The monoisotopic (exact) mass is 390 g/mol. The number of hydrogen-bond donors (Lipinski definition) is 3. The normalized spacial score (nSPS) is 10.7. The van der Waals surface area contributed by atoms with E-state index in [1.54, 1.807) is 42.5 Å². The van der Waals surface area contributed by atoms with Gasteiger partial charge in [-0.2, -0.15) is 0 Å². The van der Waals surface area contributed by atoms with Crippen LogP contribution >= 0.6 is 0 Å². The fourth-order valence-corrected chi connectivity index (χ4v) is 2.59. The number of carbonyl (C=O) groups excluding carboxylic acids is 1. The molecule has 0 saturated carbocycles. The van der Waals surface area contributed by atoms with Crippen LogP contribution in [-0.4, -0.2) is 67.4 Å². The first-order valence-electron chi connectivity index (χ1n) is 9.13. The molecule has 0 aliphatic rings. The molecule has 0 spiro atoms. The van der Waals surface area contributed by atoms with Gasteiger partial charge in [0.1, 0.15) is 24.7 Å². The molecule has 7 nitrogen and oxygen atoms in total. The van der Waals surface area contributed by atoms with Crippen molar-refractivity contribution in [1.29, 1.82) is 0 Å². The first-order valence-corrected chi connectivity index (χ1v) is 9.13. The zero-order chi connectivity index (χ0) is 20.2. The fraction of sp³-hybridized carbons (Fsp3) is 0.381. The number of aliphatic hydroxyl groups excluding tert-OH is 3. The Balaban J connectivity index is 2.07. The van der Waals surface area contributed by atoms with Crippen LogP contribution in [-0.2, 0) is 11.2 Å². The van der Waals surface area contributed by atoms with Crippen LogP contribution in [0.15, 0.2) is 42.5 Å². The van der Waals surface area contributed by atoms with Crippen LogP contribution in [0.5, 0.6) is 11.5 Å². The van der Waals surface area contributed by atoms with Crippen molar-refractivity contribution in [3.8, 4) is 11.5 Å². The number of carbonyl (C=O) groups is 1. The van der Waals surface area contributed by atoms with E-state index in [-0.39, 0.29) is 38.8 Å². The molecule has 0 radical (unpaired) electrons. The highest BCUT2D eigenvalue weighted by Gasteiger charge is 2.13. The molecule has 0 amide bonds. The minimum atomic E-state index is -0.147. The van der Waals surface area contributed by atoms with Crippen molar-refractivity contribution < 1.29 is 34.3 Å². The summed E-state index contributed by atoms with van der Waals surface area (Å²) in [6.07, 6.45) is 0.363. The molecule has 0 bridgehead atoms. The Hall–Kier alpha value is -2.45.